The summed E-state index contributed by atoms with van der Waals surface area (Å²) in [5.74, 6) is -1.39. The van der Waals surface area contributed by atoms with Gasteiger partial charge in [-0.15, -0.1) is 0 Å². The van der Waals surface area contributed by atoms with Crippen molar-refractivity contribution in [1.82, 2.24) is 5.32 Å². The number of carbonyl (C=O) groups is 2. The van der Waals surface area contributed by atoms with E-state index in [1.54, 1.807) is 12.1 Å². The van der Waals surface area contributed by atoms with Gasteiger partial charge >= 0.3 is 11.8 Å². The standard InChI is InChI=1S/C11H14ClN3O2/c1-2-5-14-10(16)11(17)15-7-3-4-9(13)8(12)6-7/h3-4,6H,2,5,13H2,1H3,(H,14,16)(H,15,17). The van der Waals surface area contributed by atoms with E-state index in [4.69, 9.17) is 17.3 Å². The highest BCUT2D eigenvalue weighted by Gasteiger charge is 2.12. The second-order valence-electron chi connectivity index (χ2n) is 3.45. The predicted octanol–water partition coefficient (Wildman–Crippen LogP) is 1.39. The van der Waals surface area contributed by atoms with Crippen molar-refractivity contribution in [2.75, 3.05) is 17.6 Å². The molecule has 1 rings (SSSR count). The minimum Gasteiger partial charge on any atom is -0.398 e. The average Bonchev–Trinajstić information content (AvgIpc) is 2.30. The fraction of sp³-hybridized carbons (Fsp3) is 0.273. The lowest BCUT2D eigenvalue weighted by Gasteiger charge is -2.06. The van der Waals surface area contributed by atoms with Crippen LogP contribution in [0.3, 0.4) is 0 Å². The number of rotatable bonds is 3. The molecule has 92 valence electrons. The Morgan fingerprint density at radius 3 is 2.65 bits per heavy atom. The van der Waals surface area contributed by atoms with Crippen molar-refractivity contribution in [3.05, 3.63) is 23.2 Å². The van der Waals surface area contributed by atoms with Crippen LogP contribution >= 0.6 is 11.6 Å². The highest BCUT2D eigenvalue weighted by molar-refractivity contribution is 6.40. The Labute approximate surface area is 104 Å². The van der Waals surface area contributed by atoms with Crippen LogP contribution in [-0.2, 0) is 9.59 Å². The highest BCUT2D eigenvalue weighted by atomic mass is 35.5. The molecule has 0 aromatic heterocycles. The maximum atomic E-state index is 11.4. The molecule has 2 amide bonds. The number of nitrogens with two attached hydrogens (primary N) is 1. The molecular weight excluding hydrogens is 242 g/mol. The molecule has 0 unspecified atom stereocenters. The van der Waals surface area contributed by atoms with Gasteiger partial charge in [0.15, 0.2) is 0 Å². The molecule has 1 aromatic carbocycles. The zero-order chi connectivity index (χ0) is 12.8. The van der Waals surface area contributed by atoms with E-state index in [-0.39, 0.29) is 0 Å². The number of anilines is 2. The normalized spacial score (nSPS) is 9.76. The quantitative estimate of drug-likeness (QED) is 0.564. The van der Waals surface area contributed by atoms with Gasteiger partial charge in [-0.25, -0.2) is 0 Å². The number of nitrogens with one attached hydrogen (secondary N) is 2. The van der Waals surface area contributed by atoms with Gasteiger partial charge in [-0.3, -0.25) is 9.59 Å². The molecule has 0 aliphatic rings. The van der Waals surface area contributed by atoms with Gasteiger partial charge in [0, 0.05) is 12.2 Å². The summed E-state index contributed by atoms with van der Waals surface area (Å²) in [4.78, 5) is 22.7. The molecule has 17 heavy (non-hydrogen) atoms. The van der Waals surface area contributed by atoms with Gasteiger partial charge in [0.05, 0.1) is 10.7 Å². The molecule has 0 atom stereocenters. The number of benzene rings is 1. The second kappa shape index (κ2) is 6.10. The van der Waals surface area contributed by atoms with Crippen molar-refractivity contribution in [3.63, 3.8) is 0 Å². The van der Waals surface area contributed by atoms with Crippen molar-refractivity contribution < 1.29 is 9.59 Å². The lowest BCUT2D eigenvalue weighted by Crippen LogP contribution is -2.35. The van der Waals surface area contributed by atoms with E-state index in [2.05, 4.69) is 10.6 Å². The second-order valence-corrected chi connectivity index (χ2v) is 3.85. The molecule has 0 spiro atoms. The third-order valence-corrected chi connectivity index (χ3v) is 2.33. The van der Waals surface area contributed by atoms with Crippen molar-refractivity contribution in [3.8, 4) is 0 Å². The van der Waals surface area contributed by atoms with Crippen molar-refractivity contribution in [2.24, 2.45) is 0 Å². The van der Waals surface area contributed by atoms with Crippen LogP contribution in [0.15, 0.2) is 18.2 Å². The van der Waals surface area contributed by atoms with Crippen LogP contribution in [0.25, 0.3) is 0 Å². The van der Waals surface area contributed by atoms with Crippen LogP contribution < -0.4 is 16.4 Å². The number of halogens is 1. The van der Waals surface area contributed by atoms with E-state index < -0.39 is 11.8 Å². The molecule has 0 bridgehead atoms. The van der Waals surface area contributed by atoms with Gasteiger partial charge in [0.2, 0.25) is 0 Å². The van der Waals surface area contributed by atoms with Gasteiger partial charge in [0.1, 0.15) is 0 Å². The first-order valence-corrected chi connectivity index (χ1v) is 5.56. The summed E-state index contributed by atoms with van der Waals surface area (Å²) in [6.45, 7) is 2.37. The molecule has 4 N–H and O–H groups in total. The molecule has 0 saturated carbocycles. The smallest absolute Gasteiger partial charge is 0.313 e. The average molecular weight is 256 g/mol. The first-order chi connectivity index (χ1) is 8.04. The Morgan fingerprint density at radius 2 is 2.06 bits per heavy atom. The Balaban J connectivity index is 2.61. The molecule has 1 aromatic rings. The Kier molecular flexibility index (Phi) is 4.78. The Bertz CT molecular complexity index is 435. The van der Waals surface area contributed by atoms with E-state index >= 15 is 0 Å². The van der Waals surface area contributed by atoms with Crippen molar-refractivity contribution in [2.45, 2.75) is 13.3 Å². The molecule has 0 heterocycles. The minimum absolute atomic E-state index is 0.330. The molecule has 6 heteroatoms. The first kappa shape index (κ1) is 13.3. The predicted molar refractivity (Wildman–Crippen MR) is 67.8 cm³/mol. The number of hydrogen-bond donors (Lipinski definition) is 3. The molecular formula is C11H14ClN3O2. The van der Waals surface area contributed by atoms with Gasteiger partial charge in [0.25, 0.3) is 0 Å². The van der Waals surface area contributed by atoms with E-state index in [9.17, 15) is 9.59 Å². The summed E-state index contributed by atoms with van der Waals surface area (Å²) in [7, 11) is 0. The van der Waals surface area contributed by atoms with Gasteiger partial charge in [-0.05, 0) is 24.6 Å². The summed E-state index contributed by atoms with van der Waals surface area (Å²) in [6.07, 6.45) is 0.771. The van der Waals surface area contributed by atoms with Crippen LogP contribution in [0.1, 0.15) is 13.3 Å². The van der Waals surface area contributed by atoms with Crippen LogP contribution in [0.4, 0.5) is 11.4 Å². The zero-order valence-corrected chi connectivity index (χ0v) is 10.2. The highest BCUT2D eigenvalue weighted by Crippen LogP contribution is 2.22. The van der Waals surface area contributed by atoms with Gasteiger partial charge < -0.3 is 16.4 Å². The summed E-state index contributed by atoms with van der Waals surface area (Å²) in [5.41, 5.74) is 6.37. The van der Waals surface area contributed by atoms with Crippen molar-refractivity contribution in [1.29, 1.82) is 0 Å². The fourth-order valence-corrected chi connectivity index (χ4v) is 1.29. The van der Waals surface area contributed by atoms with E-state index in [1.165, 1.54) is 6.07 Å². The molecule has 0 aliphatic heterocycles. The van der Waals surface area contributed by atoms with Crippen LogP contribution in [-0.4, -0.2) is 18.4 Å². The van der Waals surface area contributed by atoms with Crippen LogP contribution in [0, 0.1) is 0 Å². The number of hydrogen-bond acceptors (Lipinski definition) is 3. The maximum Gasteiger partial charge on any atom is 0.313 e. The maximum absolute atomic E-state index is 11.4. The lowest BCUT2D eigenvalue weighted by atomic mass is 10.3. The van der Waals surface area contributed by atoms with E-state index in [0.29, 0.717) is 22.9 Å². The summed E-state index contributed by atoms with van der Waals surface area (Å²) < 4.78 is 0. The third kappa shape index (κ3) is 3.96. The number of carbonyl (C=O) groups excluding carboxylic acids is 2. The van der Waals surface area contributed by atoms with E-state index in [1.807, 2.05) is 6.92 Å². The van der Waals surface area contributed by atoms with Crippen molar-refractivity contribution >= 4 is 34.8 Å². The number of amides is 2. The largest absolute Gasteiger partial charge is 0.398 e. The Morgan fingerprint density at radius 1 is 1.35 bits per heavy atom. The summed E-state index contributed by atoms with van der Waals surface area (Å²) >= 11 is 5.78. The third-order valence-electron chi connectivity index (χ3n) is 2.00. The van der Waals surface area contributed by atoms with E-state index in [0.717, 1.165) is 6.42 Å². The molecule has 5 nitrogen and oxygen atoms in total. The molecule has 0 saturated heterocycles. The fourth-order valence-electron chi connectivity index (χ4n) is 1.11. The van der Waals surface area contributed by atoms with Gasteiger partial charge in [-0.1, -0.05) is 18.5 Å². The molecule has 0 radical (unpaired) electrons. The monoisotopic (exact) mass is 255 g/mol. The Hall–Kier alpha value is -1.75. The first-order valence-electron chi connectivity index (χ1n) is 5.18. The molecule has 0 fully saturated rings. The molecule has 0 aliphatic carbocycles. The summed E-state index contributed by atoms with van der Waals surface area (Å²) in [5, 5.41) is 5.23. The topological polar surface area (TPSA) is 84.2 Å². The van der Waals surface area contributed by atoms with Gasteiger partial charge in [-0.2, -0.15) is 0 Å². The SMILES string of the molecule is CCCNC(=O)C(=O)Nc1ccc(N)c(Cl)c1. The lowest BCUT2D eigenvalue weighted by molar-refractivity contribution is -0.136. The minimum atomic E-state index is -0.723. The van der Waals surface area contributed by atoms with Crippen LogP contribution in [0.2, 0.25) is 5.02 Å². The number of nitrogen functional groups attached to an aromatic ring is 1. The zero-order valence-electron chi connectivity index (χ0n) is 9.42. The van der Waals surface area contributed by atoms with Crippen LogP contribution in [0.5, 0.6) is 0 Å². The summed E-state index contributed by atoms with van der Waals surface area (Å²) in [6, 6.07) is 4.62.